The molecule has 3 amide bonds. The lowest BCUT2D eigenvalue weighted by Crippen LogP contribution is -2.25. The second-order valence-electron chi connectivity index (χ2n) is 5.23. The number of nitrogens with one attached hydrogen (secondary N) is 2. The standard InChI is InChI=1S/C17H19N4O4S/c18-15(23)13-11-26-16(20-13)21-14(22)8-4-5-9-19-17(24)25-10-12-6-2-1-3-7-12/h1-3,6-8,11H,4-5,9-10H2,(H2,18,23)(H,19,24)(H,20,21,22). The highest BCUT2D eigenvalue weighted by atomic mass is 32.1. The van der Waals surface area contributed by atoms with Crippen LogP contribution in [0.4, 0.5) is 9.93 Å². The molecule has 0 spiro atoms. The van der Waals surface area contributed by atoms with Gasteiger partial charge < -0.3 is 21.1 Å². The first-order valence-corrected chi connectivity index (χ1v) is 8.76. The number of rotatable bonds is 9. The zero-order valence-corrected chi connectivity index (χ0v) is 14.8. The maximum Gasteiger partial charge on any atom is 0.407 e. The van der Waals surface area contributed by atoms with E-state index in [1.54, 1.807) is 0 Å². The van der Waals surface area contributed by atoms with Crippen LogP contribution in [0.25, 0.3) is 0 Å². The third-order valence-electron chi connectivity index (χ3n) is 3.18. The number of hydrogen-bond donors (Lipinski definition) is 3. The normalized spacial score (nSPS) is 10.2. The predicted octanol–water partition coefficient (Wildman–Crippen LogP) is 2.09. The Balaban J connectivity index is 1.54. The molecule has 2 aromatic rings. The molecule has 0 aliphatic rings. The molecule has 26 heavy (non-hydrogen) atoms. The number of nitrogens with two attached hydrogens (primary N) is 1. The fourth-order valence-electron chi connectivity index (χ4n) is 1.90. The highest BCUT2D eigenvalue weighted by Crippen LogP contribution is 2.15. The van der Waals surface area contributed by atoms with Gasteiger partial charge in [-0.1, -0.05) is 30.3 Å². The average Bonchev–Trinajstić information content (AvgIpc) is 3.09. The zero-order valence-electron chi connectivity index (χ0n) is 13.9. The Bertz CT molecular complexity index is 748. The summed E-state index contributed by atoms with van der Waals surface area (Å²) in [4.78, 5) is 38.1. The van der Waals surface area contributed by atoms with Gasteiger partial charge in [-0.05, 0) is 18.4 Å². The second-order valence-corrected chi connectivity index (χ2v) is 6.08. The lowest BCUT2D eigenvalue weighted by atomic mass is 10.2. The van der Waals surface area contributed by atoms with Gasteiger partial charge in [0.2, 0.25) is 5.91 Å². The Morgan fingerprint density at radius 2 is 2.00 bits per heavy atom. The molecule has 0 fully saturated rings. The molecule has 4 N–H and O–H groups in total. The van der Waals surface area contributed by atoms with Gasteiger partial charge in [0.1, 0.15) is 12.3 Å². The smallest absolute Gasteiger partial charge is 0.407 e. The number of alkyl carbamates (subject to hydrolysis) is 1. The highest BCUT2D eigenvalue weighted by molar-refractivity contribution is 7.14. The lowest BCUT2D eigenvalue weighted by molar-refractivity contribution is -0.113. The van der Waals surface area contributed by atoms with Crippen LogP contribution in [0.5, 0.6) is 0 Å². The first-order chi connectivity index (χ1) is 12.5. The zero-order chi connectivity index (χ0) is 18.8. The molecule has 8 nitrogen and oxygen atoms in total. The number of nitrogens with zero attached hydrogens (tertiary/aromatic N) is 1. The Labute approximate surface area is 154 Å². The molecule has 0 saturated heterocycles. The molecule has 1 heterocycles. The summed E-state index contributed by atoms with van der Waals surface area (Å²) in [6, 6.07) is 9.38. The average molecular weight is 375 g/mol. The van der Waals surface area contributed by atoms with Gasteiger partial charge in [-0.3, -0.25) is 9.59 Å². The summed E-state index contributed by atoms with van der Waals surface area (Å²) < 4.78 is 5.07. The van der Waals surface area contributed by atoms with Gasteiger partial charge in [0.05, 0.1) is 6.42 Å². The number of benzene rings is 1. The van der Waals surface area contributed by atoms with Crippen molar-refractivity contribution >= 4 is 34.4 Å². The minimum atomic E-state index is -0.643. The van der Waals surface area contributed by atoms with Crippen molar-refractivity contribution in [3.63, 3.8) is 0 Å². The molecule has 1 aromatic carbocycles. The number of carbonyl (C=O) groups is 3. The molecule has 0 aliphatic heterocycles. The maximum atomic E-state index is 11.7. The van der Waals surface area contributed by atoms with E-state index in [-0.39, 0.29) is 18.2 Å². The molecule has 0 saturated carbocycles. The van der Waals surface area contributed by atoms with Gasteiger partial charge in [-0.15, -0.1) is 11.3 Å². The van der Waals surface area contributed by atoms with Crippen molar-refractivity contribution < 1.29 is 19.1 Å². The van der Waals surface area contributed by atoms with Crippen molar-refractivity contribution in [2.75, 3.05) is 11.9 Å². The minimum Gasteiger partial charge on any atom is -0.445 e. The van der Waals surface area contributed by atoms with Crippen LogP contribution in [0.3, 0.4) is 0 Å². The molecule has 0 unspecified atom stereocenters. The summed E-state index contributed by atoms with van der Waals surface area (Å²) in [6.07, 6.45) is 2.00. The number of primary amides is 1. The van der Waals surface area contributed by atoms with Gasteiger partial charge in [-0.2, -0.15) is 0 Å². The van der Waals surface area contributed by atoms with Crippen molar-refractivity contribution in [3.8, 4) is 0 Å². The largest absolute Gasteiger partial charge is 0.445 e. The van der Waals surface area contributed by atoms with E-state index < -0.39 is 12.0 Å². The van der Waals surface area contributed by atoms with Crippen LogP contribution in [0.2, 0.25) is 0 Å². The third-order valence-corrected chi connectivity index (χ3v) is 3.94. The van der Waals surface area contributed by atoms with Gasteiger partial charge in [0, 0.05) is 11.9 Å². The van der Waals surface area contributed by atoms with E-state index in [1.165, 1.54) is 11.8 Å². The van der Waals surface area contributed by atoms with Crippen molar-refractivity contribution in [1.29, 1.82) is 0 Å². The van der Waals surface area contributed by atoms with E-state index in [9.17, 15) is 14.4 Å². The van der Waals surface area contributed by atoms with E-state index >= 15 is 0 Å². The summed E-state index contributed by atoms with van der Waals surface area (Å²) in [7, 11) is 0. The van der Waals surface area contributed by atoms with E-state index in [4.69, 9.17) is 10.5 Å². The molecule has 0 atom stereocenters. The van der Waals surface area contributed by atoms with Crippen LogP contribution >= 0.6 is 11.3 Å². The maximum absolute atomic E-state index is 11.7. The van der Waals surface area contributed by atoms with Crippen molar-refractivity contribution in [3.05, 3.63) is 53.4 Å². The number of unbranched alkanes of at least 4 members (excludes halogenated alkanes) is 1. The fraction of sp³-hybridized carbons (Fsp3) is 0.235. The summed E-state index contributed by atoms with van der Waals surface area (Å²) in [5.41, 5.74) is 6.12. The number of ether oxygens (including phenoxy) is 1. The predicted molar refractivity (Wildman–Crippen MR) is 97.4 cm³/mol. The molecule has 9 heteroatoms. The molecule has 0 aliphatic carbocycles. The molecule has 1 aromatic heterocycles. The molecule has 0 bridgehead atoms. The van der Waals surface area contributed by atoms with Crippen LogP contribution in [0.1, 0.15) is 28.9 Å². The minimum absolute atomic E-state index is 0.114. The summed E-state index contributed by atoms with van der Waals surface area (Å²) in [6.45, 7) is 0.600. The second kappa shape index (κ2) is 10.1. The van der Waals surface area contributed by atoms with Crippen molar-refractivity contribution in [2.45, 2.75) is 19.4 Å². The Kier molecular flexibility index (Phi) is 7.56. The number of thiazole rings is 1. The third kappa shape index (κ3) is 6.89. The molecule has 1 radical (unpaired) electrons. The van der Waals surface area contributed by atoms with E-state index in [1.807, 2.05) is 30.3 Å². The topological polar surface area (TPSA) is 123 Å². The van der Waals surface area contributed by atoms with Gasteiger partial charge in [-0.25, -0.2) is 9.78 Å². The quantitative estimate of drug-likeness (QED) is 0.579. The Morgan fingerprint density at radius 1 is 1.23 bits per heavy atom. The van der Waals surface area contributed by atoms with Crippen LogP contribution < -0.4 is 16.4 Å². The number of hydrogen-bond acceptors (Lipinski definition) is 6. The number of carbonyl (C=O) groups excluding carboxylic acids is 3. The van der Waals surface area contributed by atoms with Crippen molar-refractivity contribution in [2.24, 2.45) is 5.73 Å². The number of aromatic nitrogens is 1. The number of anilines is 1. The van der Waals surface area contributed by atoms with Crippen LogP contribution in [0, 0.1) is 6.42 Å². The van der Waals surface area contributed by atoms with Gasteiger partial charge >= 0.3 is 6.09 Å². The Hall–Kier alpha value is -2.94. The van der Waals surface area contributed by atoms with Crippen LogP contribution in [-0.2, 0) is 16.1 Å². The van der Waals surface area contributed by atoms with E-state index in [2.05, 4.69) is 15.6 Å². The van der Waals surface area contributed by atoms with Gasteiger partial charge in [0.25, 0.3) is 5.91 Å². The SMILES string of the molecule is NC(=O)c1csc(NC(=O)[CH]CCCNC(=O)OCc2ccccc2)n1. The lowest BCUT2D eigenvalue weighted by Gasteiger charge is -2.07. The first kappa shape index (κ1) is 19.4. The van der Waals surface area contributed by atoms with Crippen molar-refractivity contribution in [1.82, 2.24) is 10.3 Å². The Morgan fingerprint density at radius 3 is 2.69 bits per heavy atom. The van der Waals surface area contributed by atoms with Crippen LogP contribution in [0.15, 0.2) is 35.7 Å². The fourth-order valence-corrected chi connectivity index (χ4v) is 2.60. The highest BCUT2D eigenvalue weighted by Gasteiger charge is 2.10. The summed E-state index contributed by atoms with van der Waals surface area (Å²) in [5.74, 6) is -0.974. The monoisotopic (exact) mass is 375 g/mol. The molecule has 137 valence electrons. The van der Waals surface area contributed by atoms with E-state index in [0.717, 1.165) is 16.9 Å². The first-order valence-electron chi connectivity index (χ1n) is 7.88. The molecule has 2 rings (SSSR count). The molecular formula is C17H19N4O4S. The molecular weight excluding hydrogens is 356 g/mol. The summed E-state index contributed by atoms with van der Waals surface area (Å²) in [5, 5.41) is 6.95. The summed E-state index contributed by atoms with van der Waals surface area (Å²) >= 11 is 1.12. The van der Waals surface area contributed by atoms with Gasteiger partial charge in [0.15, 0.2) is 5.13 Å². The number of amides is 3. The van der Waals surface area contributed by atoms with Crippen LogP contribution in [-0.4, -0.2) is 29.4 Å². The van der Waals surface area contributed by atoms with E-state index in [0.29, 0.717) is 24.5 Å².